The SMILES string of the molecule is Cc1ncc(C(C)N2CCO[C@H]([C@@H]3COC(C)(C)O3)C2)c(C)n1. The Morgan fingerprint density at radius 2 is 2.09 bits per heavy atom. The first-order valence-electron chi connectivity index (χ1n) is 8.33. The van der Waals surface area contributed by atoms with Gasteiger partial charge < -0.3 is 14.2 Å². The van der Waals surface area contributed by atoms with E-state index in [1.807, 2.05) is 27.0 Å². The Kier molecular flexibility index (Phi) is 4.69. The van der Waals surface area contributed by atoms with E-state index in [1.54, 1.807) is 0 Å². The van der Waals surface area contributed by atoms with Gasteiger partial charge in [0.05, 0.1) is 19.3 Å². The van der Waals surface area contributed by atoms with Gasteiger partial charge in [-0.25, -0.2) is 9.97 Å². The molecule has 6 nitrogen and oxygen atoms in total. The number of hydrogen-bond donors (Lipinski definition) is 0. The normalized spacial score (nSPS) is 29.6. The van der Waals surface area contributed by atoms with Gasteiger partial charge in [-0.05, 0) is 34.6 Å². The molecule has 2 aliphatic rings. The summed E-state index contributed by atoms with van der Waals surface area (Å²) in [5, 5.41) is 0. The van der Waals surface area contributed by atoms with E-state index in [9.17, 15) is 0 Å². The monoisotopic (exact) mass is 321 g/mol. The largest absolute Gasteiger partial charge is 0.373 e. The van der Waals surface area contributed by atoms with Crippen LogP contribution >= 0.6 is 0 Å². The Hall–Kier alpha value is -1.08. The van der Waals surface area contributed by atoms with Crippen molar-refractivity contribution in [1.29, 1.82) is 0 Å². The summed E-state index contributed by atoms with van der Waals surface area (Å²) in [7, 11) is 0. The van der Waals surface area contributed by atoms with Crippen molar-refractivity contribution in [2.45, 2.75) is 58.7 Å². The van der Waals surface area contributed by atoms with Crippen LogP contribution in [0.4, 0.5) is 0 Å². The third-order valence-corrected chi connectivity index (χ3v) is 4.71. The minimum absolute atomic E-state index is 0.00429. The highest BCUT2D eigenvalue weighted by atomic mass is 16.7. The quantitative estimate of drug-likeness (QED) is 0.849. The second-order valence-electron chi connectivity index (χ2n) is 6.91. The van der Waals surface area contributed by atoms with Crippen molar-refractivity contribution >= 4 is 0 Å². The summed E-state index contributed by atoms with van der Waals surface area (Å²) < 4.78 is 17.6. The van der Waals surface area contributed by atoms with E-state index in [0.29, 0.717) is 13.2 Å². The van der Waals surface area contributed by atoms with Gasteiger partial charge in [0.15, 0.2) is 5.79 Å². The summed E-state index contributed by atoms with van der Waals surface area (Å²) in [5.41, 5.74) is 2.23. The fraction of sp³-hybridized carbons (Fsp3) is 0.765. The maximum atomic E-state index is 5.96. The lowest BCUT2D eigenvalue weighted by Gasteiger charge is -2.38. The van der Waals surface area contributed by atoms with Gasteiger partial charge in [0, 0.05) is 36.6 Å². The van der Waals surface area contributed by atoms with Crippen LogP contribution in [0.2, 0.25) is 0 Å². The summed E-state index contributed by atoms with van der Waals surface area (Å²) >= 11 is 0. The van der Waals surface area contributed by atoms with Crippen LogP contribution in [-0.2, 0) is 14.2 Å². The highest BCUT2D eigenvalue weighted by Gasteiger charge is 2.40. The van der Waals surface area contributed by atoms with Crippen LogP contribution in [0.5, 0.6) is 0 Å². The van der Waals surface area contributed by atoms with Gasteiger partial charge in [-0.1, -0.05) is 0 Å². The van der Waals surface area contributed by atoms with Crippen molar-refractivity contribution < 1.29 is 14.2 Å². The Labute approximate surface area is 138 Å². The van der Waals surface area contributed by atoms with Gasteiger partial charge in [0.25, 0.3) is 0 Å². The molecule has 1 aromatic heterocycles. The van der Waals surface area contributed by atoms with E-state index in [0.717, 1.165) is 24.6 Å². The Morgan fingerprint density at radius 1 is 1.30 bits per heavy atom. The number of rotatable bonds is 3. The summed E-state index contributed by atoms with van der Waals surface area (Å²) in [6, 6.07) is 0.261. The van der Waals surface area contributed by atoms with Gasteiger partial charge in [-0.3, -0.25) is 4.90 Å². The van der Waals surface area contributed by atoms with Crippen LogP contribution in [0.1, 0.15) is 43.9 Å². The van der Waals surface area contributed by atoms with Gasteiger partial charge >= 0.3 is 0 Å². The maximum absolute atomic E-state index is 5.96. The van der Waals surface area contributed by atoms with Crippen LogP contribution < -0.4 is 0 Å². The molecule has 1 unspecified atom stereocenters. The lowest BCUT2D eigenvalue weighted by atomic mass is 10.0. The number of aromatic nitrogens is 2. The van der Waals surface area contributed by atoms with Gasteiger partial charge in [0.2, 0.25) is 0 Å². The molecule has 23 heavy (non-hydrogen) atoms. The molecule has 0 radical (unpaired) electrons. The highest BCUT2D eigenvalue weighted by molar-refractivity contribution is 5.20. The van der Waals surface area contributed by atoms with Crippen LogP contribution in [-0.4, -0.2) is 59.2 Å². The lowest BCUT2D eigenvalue weighted by molar-refractivity contribution is -0.166. The molecule has 0 aromatic carbocycles. The van der Waals surface area contributed by atoms with E-state index >= 15 is 0 Å². The summed E-state index contributed by atoms with van der Waals surface area (Å²) in [4.78, 5) is 11.3. The van der Waals surface area contributed by atoms with Crippen LogP contribution in [0.3, 0.4) is 0 Å². The number of ether oxygens (including phenoxy) is 3. The molecule has 0 amide bonds. The Morgan fingerprint density at radius 3 is 2.74 bits per heavy atom. The molecule has 0 aliphatic carbocycles. The van der Waals surface area contributed by atoms with E-state index in [-0.39, 0.29) is 18.2 Å². The number of hydrogen-bond acceptors (Lipinski definition) is 6. The summed E-state index contributed by atoms with van der Waals surface area (Å²) in [6.07, 6.45) is 1.99. The second kappa shape index (κ2) is 6.43. The average Bonchev–Trinajstić information content (AvgIpc) is 2.87. The Bertz CT molecular complexity index is 564. The van der Waals surface area contributed by atoms with Crippen molar-refractivity contribution in [1.82, 2.24) is 14.9 Å². The summed E-state index contributed by atoms with van der Waals surface area (Å²) in [6.45, 7) is 13.1. The van der Waals surface area contributed by atoms with Crippen molar-refractivity contribution in [3.8, 4) is 0 Å². The minimum Gasteiger partial charge on any atom is -0.373 e. The number of morpholine rings is 1. The standard InChI is InChI=1S/C17H27N3O3/c1-11-14(8-18-13(3)19-11)12(2)20-6-7-21-15(9-20)16-10-22-17(4,5)23-16/h8,12,15-16H,6-7,9-10H2,1-5H3/t12?,15-,16-/m0/s1. The smallest absolute Gasteiger partial charge is 0.163 e. The molecule has 0 spiro atoms. The van der Waals surface area contributed by atoms with Crippen molar-refractivity contribution in [3.05, 3.63) is 23.3 Å². The first-order chi connectivity index (χ1) is 10.9. The first-order valence-corrected chi connectivity index (χ1v) is 8.33. The van der Waals surface area contributed by atoms with Gasteiger partial charge in [-0.2, -0.15) is 0 Å². The highest BCUT2D eigenvalue weighted by Crippen LogP contribution is 2.29. The zero-order valence-electron chi connectivity index (χ0n) is 14.7. The molecule has 3 rings (SSSR count). The molecular weight excluding hydrogens is 294 g/mol. The molecule has 1 aromatic rings. The molecule has 2 saturated heterocycles. The molecule has 6 heteroatoms. The van der Waals surface area contributed by atoms with Crippen LogP contribution in [0.15, 0.2) is 6.20 Å². The minimum atomic E-state index is -0.511. The molecular formula is C17H27N3O3. The zero-order valence-corrected chi connectivity index (χ0v) is 14.7. The zero-order chi connectivity index (χ0) is 16.6. The van der Waals surface area contributed by atoms with Crippen molar-refractivity contribution in [2.75, 3.05) is 26.3 Å². The number of nitrogens with zero attached hydrogens (tertiary/aromatic N) is 3. The molecule has 2 fully saturated rings. The van der Waals surface area contributed by atoms with Crippen LogP contribution in [0.25, 0.3) is 0 Å². The molecule has 0 saturated carbocycles. The second-order valence-corrected chi connectivity index (χ2v) is 6.91. The molecule has 0 N–H and O–H groups in total. The van der Waals surface area contributed by atoms with E-state index < -0.39 is 5.79 Å². The molecule has 3 heterocycles. The van der Waals surface area contributed by atoms with E-state index in [2.05, 4.69) is 28.7 Å². The Balaban J connectivity index is 1.68. The predicted molar refractivity (Wildman–Crippen MR) is 86.1 cm³/mol. The van der Waals surface area contributed by atoms with Gasteiger partial charge in [-0.15, -0.1) is 0 Å². The van der Waals surface area contributed by atoms with E-state index in [4.69, 9.17) is 14.2 Å². The fourth-order valence-corrected chi connectivity index (χ4v) is 3.37. The van der Waals surface area contributed by atoms with E-state index in [1.165, 1.54) is 5.56 Å². The van der Waals surface area contributed by atoms with Crippen molar-refractivity contribution in [3.63, 3.8) is 0 Å². The topological polar surface area (TPSA) is 56.7 Å². The third kappa shape index (κ3) is 3.71. The lowest BCUT2D eigenvalue weighted by Crippen LogP contribution is -2.49. The predicted octanol–water partition coefficient (Wildman–Crippen LogP) is 2.01. The van der Waals surface area contributed by atoms with Crippen LogP contribution in [0, 0.1) is 13.8 Å². The summed E-state index contributed by atoms with van der Waals surface area (Å²) in [5.74, 6) is 0.306. The van der Waals surface area contributed by atoms with Gasteiger partial charge in [0.1, 0.15) is 11.9 Å². The molecule has 0 bridgehead atoms. The maximum Gasteiger partial charge on any atom is 0.163 e. The van der Waals surface area contributed by atoms with Crippen molar-refractivity contribution in [2.24, 2.45) is 0 Å². The molecule has 3 atom stereocenters. The molecule has 2 aliphatic heterocycles. The molecule has 128 valence electrons. The fourth-order valence-electron chi connectivity index (χ4n) is 3.37. The average molecular weight is 321 g/mol. The first kappa shape index (κ1) is 16.8. The third-order valence-electron chi connectivity index (χ3n) is 4.71. The number of aryl methyl sites for hydroxylation is 2.